The van der Waals surface area contributed by atoms with Crippen molar-refractivity contribution >= 4 is 29.2 Å². The summed E-state index contributed by atoms with van der Waals surface area (Å²) in [7, 11) is 0. The number of aliphatic carboxylic acids is 1. The van der Waals surface area contributed by atoms with Gasteiger partial charge < -0.3 is 10.4 Å². The zero-order valence-electron chi connectivity index (χ0n) is 12.1. The number of halogens is 1. The summed E-state index contributed by atoms with van der Waals surface area (Å²) in [5.74, 6) is -1.16. The molecular weight excluding hydrogens is 292 g/mol. The molecule has 6 heteroatoms. The predicted molar refractivity (Wildman–Crippen MR) is 81.5 cm³/mol. The van der Waals surface area contributed by atoms with Gasteiger partial charge in [0.1, 0.15) is 0 Å². The number of carboxylic acid groups (broad SMARTS) is 1. The first-order valence-corrected chi connectivity index (χ1v) is 7.25. The zero-order valence-corrected chi connectivity index (χ0v) is 12.9. The number of carbonyl (C=O) groups excluding carboxylic acids is 1. The van der Waals surface area contributed by atoms with E-state index in [1.54, 1.807) is 19.1 Å². The Labute approximate surface area is 128 Å². The molecule has 5 nitrogen and oxygen atoms in total. The number of nitrogens with one attached hydrogen (secondary N) is 1. The fraction of sp³-hybridized carbons (Fsp3) is 0.467. The van der Waals surface area contributed by atoms with Gasteiger partial charge in [-0.3, -0.25) is 14.5 Å². The minimum Gasteiger partial charge on any atom is -0.481 e. The first-order valence-electron chi connectivity index (χ1n) is 6.88. The Morgan fingerprint density at radius 2 is 2.14 bits per heavy atom. The molecule has 1 aliphatic heterocycles. The Morgan fingerprint density at radius 3 is 2.71 bits per heavy atom. The summed E-state index contributed by atoms with van der Waals surface area (Å²) in [5.41, 5.74) is 1.63. The number of nitrogens with zero attached hydrogens (tertiary/aromatic N) is 1. The SMILES string of the molecule is Cc1ccc(NC(=O)CN2CC(C(C)C(=O)O)C2)c(Cl)c1. The molecular formula is C15H19ClN2O3. The molecule has 0 bridgehead atoms. The highest BCUT2D eigenvalue weighted by Gasteiger charge is 2.35. The lowest BCUT2D eigenvalue weighted by molar-refractivity contribution is -0.145. The largest absolute Gasteiger partial charge is 0.481 e. The molecule has 1 amide bonds. The third kappa shape index (κ3) is 3.95. The Morgan fingerprint density at radius 1 is 1.48 bits per heavy atom. The number of hydrogen-bond donors (Lipinski definition) is 2. The van der Waals surface area contributed by atoms with E-state index in [-0.39, 0.29) is 24.3 Å². The fourth-order valence-corrected chi connectivity index (χ4v) is 2.65. The summed E-state index contributed by atoms with van der Waals surface area (Å²) in [6, 6.07) is 5.46. The van der Waals surface area contributed by atoms with Crippen LogP contribution in [0.1, 0.15) is 12.5 Å². The topological polar surface area (TPSA) is 69.6 Å². The van der Waals surface area contributed by atoms with Gasteiger partial charge in [-0.15, -0.1) is 0 Å². The van der Waals surface area contributed by atoms with E-state index < -0.39 is 5.97 Å². The predicted octanol–water partition coefficient (Wildman–Crippen LogP) is 2.24. The van der Waals surface area contributed by atoms with Crippen molar-refractivity contribution in [3.63, 3.8) is 0 Å². The second-order valence-electron chi connectivity index (χ2n) is 5.61. The maximum atomic E-state index is 11.9. The molecule has 1 aliphatic rings. The molecule has 2 N–H and O–H groups in total. The molecule has 1 fully saturated rings. The van der Waals surface area contributed by atoms with Crippen LogP contribution in [0.5, 0.6) is 0 Å². The smallest absolute Gasteiger partial charge is 0.306 e. The van der Waals surface area contributed by atoms with Crippen LogP contribution in [-0.2, 0) is 9.59 Å². The number of anilines is 1. The maximum Gasteiger partial charge on any atom is 0.306 e. The Balaban J connectivity index is 1.80. The third-order valence-corrected chi connectivity index (χ3v) is 4.16. The Kier molecular flexibility index (Phi) is 4.85. The standard InChI is InChI=1S/C15H19ClN2O3/c1-9-3-4-13(12(16)5-9)17-14(19)8-18-6-11(7-18)10(2)15(20)21/h3-5,10-11H,6-8H2,1-2H3,(H,17,19)(H,20,21). The van der Waals surface area contributed by atoms with E-state index in [0.29, 0.717) is 23.8 Å². The van der Waals surface area contributed by atoms with Gasteiger partial charge in [0.05, 0.1) is 23.2 Å². The third-order valence-electron chi connectivity index (χ3n) is 3.85. The number of hydrogen-bond acceptors (Lipinski definition) is 3. The molecule has 114 valence electrons. The van der Waals surface area contributed by atoms with Gasteiger partial charge in [0.25, 0.3) is 0 Å². The van der Waals surface area contributed by atoms with Gasteiger partial charge in [0.2, 0.25) is 5.91 Å². The minimum atomic E-state index is -0.782. The van der Waals surface area contributed by atoms with Gasteiger partial charge in [0.15, 0.2) is 0 Å². The first kappa shape index (κ1) is 15.8. The average Bonchev–Trinajstić information content (AvgIpc) is 2.36. The van der Waals surface area contributed by atoms with E-state index in [1.807, 2.05) is 17.9 Å². The van der Waals surface area contributed by atoms with Crippen molar-refractivity contribution in [2.24, 2.45) is 11.8 Å². The van der Waals surface area contributed by atoms with Crippen molar-refractivity contribution in [1.82, 2.24) is 4.90 Å². The number of likely N-dealkylation sites (tertiary alicyclic amines) is 1. The molecule has 1 aromatic carbocycles. The summed E-state index contributed by atoms with van der Waals surface area (Å²) >= 11 is 6.06. The molecule has 0 saturated carbocycles. The van der Waals surface area contributed by atoms with Crippen molar-refractivity contribution in [1.29, 1.82) is 0 Å². The molecule has 1 aromatic rings. The lowest BCUT2D eigenvalue weighted by atomic mass is 9.87. The van der Waals surface area contributed by atoms with Gasteiger partial charge in [-0.25, -0.2) is 0 Å². The Hall–Kier alpha value is -1.59. The summed E-state index contributed by atoms with van der Waals surface area (Å²) in [4.78, 5) is 24.7. The quantitative estimate of drug-likeness (QED) is 0.875. The van der Waals surface area contributed by atoms with Crippen molar-refractivity contribution in [3.05, 3.63) is 28.8 Å². The molecule has 0 spiro atoms. The first-order chi connectivity index (χ1) is 9.86. The van der Waals surface area contributed by atoms with Crippen molar-refractivity contribution < 1.29 is 14.7 Å². The van der Waals surface area contributed by atoms with Gasteiger partial charge in [0, 0.05) is 13.1 Å². The normalized spacial score (nSPS) is 17.1. The van der Waals surface area contributed by atoms with Crippen LogP contribution < -0.4 is 5.32 Å². The number of aryl methyl sites for hydroxylation is 1. The van der Waals surface area contributed by atoms with Crippen molar-refractivity contribution in [2.45, 2.75) is 13.8 Å². The van der Waals surface area contributed by atoms with E-state index in [4.69, 9.17) is 16.7 Å². The Bertz CT molecular complexity index is 556. The molecule has 0 aliphatic carbocycles. The zero-order chi connectivity index (χ0) is 15.6. The number of amides is 1. The number of benzene rings is 1. The molecule has 1 unspecified atom stereocenters. The highest BCUT2D eigenvalue weighted by molar-refractivity contribution is 6.33. The van der Waals surface area contributed by atoms with Crippen LogP contribution in [0.15, 0.2) is 18.2 Å². The van der Waals surface area contributed by atoms with Crippen LogP contribution in [0.2, 0.25) is 5.02 Å². The maximum absolute atomic E-state index is 11.9. The highest BCUT2D eigenvalue weighted by atomic mass is 35.5. The summed E-state index contributed by atoms with van der Waals surface area (Å²) in [5, 5.41) is 12.2. The van der Waals surface area contributed by atoms with Crippen molar-refractivity contribution in [2.75, 3.05) is 25.0 Å². The molecule has 2 rings (SSSR count). The molecule has 0 radical (unpaired) electrons. The van der Waals surface area contributed by atoms with Gasteiger partial charge in [-0.2, -0.15) is 0 Å². The van der Waals surface area contributed by atoms with Crippen LogP contribution in [-0.4, -0.2) is 41.5 Å². The second-order valence-corrected chi connectivity index (χ2v) is 6.02. The highest BCUT2D eigenvalue weighted by Crippen LogP contribution is 2.25. The lowest BCUT2D eigenvalue weighted by Crippen LogP contribution is -2.53. The fourth-order valence-electron chi connectivity index (χ4n) is 2.37. The van der Waals surface area contributed by atoms with Crippen LogP contribution in [0, 0.1) is 18.8 Å². The molecule has 0 aromatic heterocycles. The molecule has 1 atom stereocenters. The van der Waals surface area contributed by atoms with Crippen LogP contribution >= 0.6 is 11.6 Å². The number of rotatable bonds is 5. The molecule has 21 heavy (non-hydrogen) atoms. The van der Waals surface area contributed by atoms with Crippen LogP contribution in [0.4, 0.5) is 5.69 Å². The number of carboxylic acids is 1. The molecule has 1 saturated heterocycles. The second kappa shape index (κ2) is 6.45. The van der Waals surface area contributed by atoms with E-state index in [0.717, 1.165) is 5.56 Å². The van der Waals surface area contributed by atoms with Gasteiger partial charge >= 0.3 is 5.97 Å². The van der Waals surface area contributed by atoms with Gasteiger partial charge in [-0.05, 0) is 30.5 Å². The van der Waals surface area contributed by atoms with Gasteiger partial charge in [-0.1, -0.05) is 24.6 Å². The van der Waals surface area contributed by atoms with E-state index in [1.165, 1.54) is 0 Å². The van der Waals surface area contributed by atoms with Crippen LogP contribution in [0.25, 0.3) is 0 Å². The molecule has 1 heterocycles. The van der Waals surface area contributed by atoms with E-state index >= 15 is 0 Å². The summed E-state index contributed by atoms with van der Waals surface area (Å²) < 4.78 is 0. The van der Waals surface area contributed by atoms with E-state index in [2.05, 4.69) is 5.32 Å². The number of carbonyl (C=O) groups is 2. The lowest BCUT2D eigenvalue weighted by Gasteiger charge is -2.40. The minimum absolute atomic E-state index is 0.123. The monoisotopic (exact) mass is 310 g/mol. The summed E-state index contributed by atoms with van der Waals surface area (Å²) in [6.07, 6.45) is 0. The van der Waals surface area contributed by atoms with Crippen LogP contribution in [0.3, 0.4) is 0 Å². The van der Waals surface area contributed by atoms with E-state index in [9.17, 15) is 9.59 Å². The average molecular weight is 311 g/mol. The van der Waals surface area contributed by atoms with Crippen molar-refractivity contribution in [3.8, 4) is 0 Å². The summed E-state index contributed by atoms with van der Waals surface area (Å²) in [6.45, 7) is 5.18.